The number of aryl methyl sites for hydroxylation is 2. The molecule has 0 aliphatic heterocycles. The molecule has 112 valence electrons. The summed E-state index contributed by atoms with van der Waals surface area (Å²) in [7, 11) is 0. The third-order valence-corrected chi connectivity index (χ3v) is 3.94. The largest absolute Gasteiger partial charge is 0.417 e. The van der Waals surface area contributed by atoms with Gasteiger partial charge in [-0.1, -0.05) is 39.7 Å². The van der Waals surface area contributed by atoms with E-state index in [1.54, 1.807) is 6.07 Å². The van der Waals surface area contributed by atoms with E-state index in [1.807, 2.05) is 26.0 Å². The van der Waals surface area contributed by atoms with Gasteiger partial charge in [0.1, 0.15) is 0 Å². The first-order valence-electron chi connectivity index (χ1n) is 6.44. The lowest BCUT2D eigenvalue weighted by Gasteiger charge is -2.13. The van der Waals surface area contributed by atoms with E-state index >= 15 is 0 Å². The van der Waals surface area contributed by atoms with E-state index in [9.17, 15) is 13.2 Å². The Kier molecular flexibility index (Phi) is 4.61. The predicted molar refractivity (Wildman–Crippen MR) is 82.4 cm³/mol. The Balaban J connectivity index is 2.17. The number of benzene rings is 2. The summed E-state index contributed by atoms with van der Waals surface area (Å²) in [5.74, 6) is 0. The lowest BCUT2D eigenvalue weighted by Crippen LogP contribution is -2.08. The average Bonchev–Trinajstić information content (AvgIpc) is 2.38. The number of hydrogen-bond donors (Lipinski definition) is 1. The van der Waals surface area contributed by atoms with Crippen molar-refractivity contribution in [1.29, 1.82) is 0 Å². The average molecular weight is 358 g/mol. The minimum absolute atomic E-state index is 0.0482. The van der Waals surface area contributed by atoms with E-state index in [2.05, 4.69) is 27.3 Å². The van der Waals surface area contributed by atoms with Crippen molar-refractivity contribution in [2.24, 2.45) is 0 Å². The molecule has 1 nitrogen and oxygen atoms in total. The van der Waals surface area contributed by atoms with Crippen molar-refractivity contribution in [3.05, 3.63) is 63.1 Å². The van der Waals surface area contributed by atoms with Crippen LogP contribution in [0.25, 0.3) is 0 Å². The molecular weight excluding hydrogens is 343 g/mol. The molecule has 2 rings (SSSR count). The van der Waals surface area contributed by atoms with Gasteiger partial charge in [-0.15, -0.1) is 0 Å². The van der Waals surface area contributed by atoms with Gasteiger partial charge in [0.25, 0.3) is 0 Å². The van der Waals surface area contributed by atoms with Crippen LogP contribution in [0.2, 0.25) is 0 Å². The molecule has 5 heteroatoms. The van der Waals surface area contributed by atoms with Crippen molar-refractivity contribution in [3.63, 3.8) is 0 Å². The standard InChI is InChI=1S/C16H15BrF3N/c1-10-3-4-12(11(2)7-10)9-21-13-5-6-15(17)14(8-13)16(18,19)20/h3-8,21H,9H2,1-2H3. The lowest BCUT2D eigenvalue weighted by atomic mass is 10.1. The van der Waals surface area contributed by atoms with Crippen LogP contribution in [-0.4, -0.2) is 0 Å². The maximum absolute atomic E-state index is 12.8. The fraction of sp³-hybridized carbons (Fsp3) is 0.250. The maximum atomic E-state index is 12.8. The molecule has 0 atom stereocenters. The van der Waals surface area contributed by atoms with Crippen LogP contribution < -0.4 is 5.32 Å². The molecule has 2 aromatic carbocycles. The van der Waals surface area contributed by atoms with E-state index < -0.39 is 11.7 Å². The van der Waals surface area contributed by atoms with Crippen LogP contribution in [0.3, 0.4) is 0 Å². The van der Waals surface area contributed by atoms with Crippen LogP contribution in [-0.2, 0) is 12.7 Å². The van der Waals surface area contributed by atoms with E-state index in [4.69, 9.17) is 0 Å². The summed E-state index contributed by atoms with van der Waals surface area (Å²) < 4.78 is 38.6. The molecule has 0 aromatic heterocycles. The van der Waals surface area contributed by atoms with Crippen LogP contribution >= 0.6 is 15.9 Å². The van der Waals surface area contributed by atoms with Crippen molar-refractivity contribution in [2.75, 3.05) is 5.32 Å². The molecule has 0 saturated carbocycles. The van der Waals surface area contributed by atoms with Crippen LogP contribution in [0, 0.1) is 13.8 Å². The van der Waals surface area contributed by atoms with Gasteiger partial charge in [-0.25, -0.2) is 0 Å². The highest BCUT2D eigenvalue weighted by Gasteiger charge is 2.33. The third kappa shape index (κ3) is 4.00. The van der Waals surface area contributed by atoms with Crippen LogP contribution in [0.15, 0.2) is 40.9 Å². The van der Waals surface area contributed by atoms with E-state index in [-0.39, 0.29) is 4.47 Å². The van der Waals surface area contributed by atoms with Crippen LogP contribution in [0.4, 0.5) is 18.9 Å². The summed E-state index contributed by atoms with van der Waals surface area (Å²) >= 11 is 2.93. The highest BCUT2D eigenvalue weighted by atomic mass is 79.9. The molecule has 0 aliphatic rings. The van der Waals surface area contributed by atoms with Gasteiger partial charge >= 0.3 is 6.18 Å². The van der Waals surface area contributed by atoms with Gasteiger partial charge in [0.15, 0.2) is 0 Å². The van der Waals surface area contributed by atoms with Gasteiger partial charge in [0, 0.05) is 16.7 Å². The number of rotatable bonds is 3. The number of nitrogens with one attached hydrogen (secondary N) is 1. The summed E-state index contributed by atoms with van der Waals surface area (Å²) in [6.07, 6.45) is -4.36. The Morgan fingerprint density at radius 1 is 1.05 bits per heavy atom. The first-order chi connectivity index (χ1) is 9.77. The zero-order valence-corrected chi connectivity index (χ0v) is 13.3. The molecule has 0 unspecified atom stereocenters. The first kappa shape index (κ1) is 15.9. The monoisotopic (exact) mass is 357 g/mol. The molecule has 0 spiro atoms. The Morgan fingerprint density at radius 3 is 2.38 bits per heavy atom. The molecular formula is C16H15BrF3N. The fourth-order valence-electron chi connectivity index (χ4n) is 2.09. The molecule has 21 heavy (non-hydrogen) atoms. The number of halogens is 4. The number of alkyl halides is 3. The zero-order valence-electron chi connectivity index (χ0n) is 11.7. The SMILES string of the molecule is Cc1ccc(CNc2ccc(Br)c(C(F)(F)F)c2)c(C)c1. The van der Waals surface area contributed by atoms with Crippen molar-refractivity contribution in [3.8, 4) is 0 Å². The molecule has 0 heterocycles. The summed E-state index contributed by atoms with van der Waals surface area (Å²) in [4.78, 5) is 0. The van der Waals surface area contributed by atoms with Crippen LogP contribution in [0.1, 0.15) is 22.3 Å². The van der Waals surface area contributed by atoms with Gasteiger partial charge in [-0.3, -0.25) is 0 Å². The number of anilines is 1. The normalized spacial score (nSPS) is 11.5. The van der Waals surface area contributed by atoms with E-state index in [0.29, 0.717) is 12.2 Å². The van der Waals surface area contributed by atoms with Crippen molar-refractivity contribution in [2.45, 2.75) is 26.6 Å². The zero-order chi connectivity index (χ0) is 15.6. The minimum Gasteiger partial charge on any atom is -0.381 e. The van der Waals surface area contributed by atoms with Gasteiger partial charge in [-0.2, -0.15) is 13.2 Å². The number of hydrogen-bond acceptors (Lipinski definition) is 1. The first-order valence-corrected chi connectivity index (χ1v) is 7.23. The Morgan fingerprint density at radius 2 is 1.76 bits per heavy atom. The third-order valence-electron chi connectivity index (χ3n) is 3.25. The van der Waals surface area contributed by atoms with Gasteiger partial charge in [0.05, 0.1) is 5.56 Å². The second kappa shape index (κ2) is 6.10. The Labute approximate surface area is 130 Å². The summed E-state index contributed by atoms with van der Waals surface area (Å²) in [5.41, 5.74) is 3.13. The van der Waals surface area contributed by atoms with Crippen molar-refractivity contribution < 1.29 is 13.2 Å². The van der Waals surface area contributed by atoms with Crippen molar-refractivity contribution in [1.82, 2.24) is 0 Å². The molecule has 0 radical (unpaired) electrons. The van der Waals surface area contributed by atoms with Crippen molar-refractivity contribution >= 4 is 21.6 Å². The van der Waals surface area contributed by atoms with Gasteiger partial charge in [0.2, 0.25) is 0 Å². The highest BCUT2D eigenvalue weighted by molar-refractivity contribution is 9.10. The Bertz CT molecular complexity index is 650. The van der Waals surface area contributed by atoms with Crippen LogP contribution in [0.5, 0.6) is 0 Å². The Hall–Kier alpha value is -1.49. The fourth-order valence-corrected chi connectivity index (χ4v) is 2.57. The minimum atomic E-state index is -4.36. The molecule has 1 N–H and O–H groups in total. The van der Waals surface area contributed by atoms with E-state index in [1.165, 1.54) is 11.6 Å². The summed E-state index contributed by atoms with van der Waals surface area (Å²) in [6.45, 7) is 4.49. The van der Waals surface area contributed by atoms with Gasteiger partial charge < -0.3 is 5.32 Å². The molecule has 2 aromatic rings. The predicted octanol–water partition coefficient (Wildman–Crippen LogP) is 5.70. The quantitative estimate of drug-likeness (QED) is 0.743. The molecule has 0 bridgehead atoms. The molecule has 0 saturated heterocycles. The summed E-state index contributed by atoms with van der Waals surface area (Å²) in [6, 6.07) is 10.2. The molecule has 0 amide bonds. The second-order valence-electron chi connectivity index (χ2n) is 4.98. The highest BCUT2D eigenvalue weighted by Crippen LogP contribution is 2.36. The van der Waals surface area contributed by atoms with E-state index in [0.717, 1.165) is 17.2 Å². The summed E-state index contributed by atoms with van der Waals surface area (Å²) in [5, 5.41) is 3.04. The molecule has 0 aliphatic carbocycles. The molecule has 0 fully saturated rings. The second-order valence-corrected chi connectivity index (χ2v) is 5.83. The smallest absolute Gasteiger partial charge is 0.381 e. The maximum Gasteiger partial charge on any atom is 0.417 e. The van der Waals surface area contributed by atoms with Gasteiger partial charge in [-0.05, 0) is 43.2 Å². The topological polar surface area (TPSA) is 12.0 Å². The lowest BCUT2D eigenvalue weighted by molar-refractivity contribution is -0.138.